The lowest BCUT2D eigenvalue weighted by Gasteiger charge is -2.29. The summed E-state index contributed by atoms with van der Waals surface area (Å²) in [6.45, 7) is 7.32. The lowest BCUT2D eigenvalue weighted by Crippen LogP contribution is -2.42. The first-order chi connectivity index (χ1) is 9.80. The molecule has 0 bridgehead atoms. The standard InChI is InChI=1S/C15H24NO4P/c1-11(2)14(15(17)19-5)16-21(18,12(3)4)20-13-9-7-6-8-10-13/h6-12,14H,1-5H3,(H,16,18)/t14-,21?/m0/s1. The molecule has 5 nitrogen and oxygen atoms in total. The molecule has 118 valence electrons. The van der Waals surface area contributed by atoms with Crippen molar-refractivity contribution in [2.75, 3.05) is 7.11 Å². The van der Waals surface area contributed by atoms with Gasteiger partial charge in [-0.25, -0.2) is 5.09 Å². The smallest absolute Gasteiger partial charge is 0.323 e. The Balaban J connectivity index is 2.99. The number of nitrogens with one attached hydrogen (secondary N) is 1. The maximum Gasteiger partial charge on any atom is 0.323 e. The first-order valence-corrected chi connectivity index (χ1v) is 8.69. The SMILES string of the molecule is COC(=O)[C@@H](NP(=O)(Oc1ccccc1)C(C)C)C(C)C. The van der Waals surface area contributed by atoms with E-state index in [1.54, 1.807) is 38.1 Å². The van der Waals surface area contributed by atoms with Gasteiger partial charge in [0.05, 0.1) is 12.8 Å². The third-order valence-electron chi connectivity index (χ3n) is 3.10. The van der Waals surface area contributed by atoms with E-state index in [1.165, 1.54) is 7.11 Å². The van der Waals surface area contributed by atoms with Gasteiger partial charge in [0.2, 0.25) is 0 Å². The van der Waals surface area contributed by atoms with Gasteiger partial charge >= 0.3 is 13.5 Å². The lowest BCUT2D eigenvalue weighted by atomic mass is 10.1. The van der Waals surface area contributed by atoms with Gasteiger partial charge < -0.3 is 9.26 Å². The Bertz CT molecular complexity index is 502. The summed E-state index contributed by atoms with van der Waals surface area (Å²) in [4.78, 5) is 11.8. The Morgan fingerprint density at radius 3 is 2.14 bits per heavy atom. The van der Waals surface area contributed by atoms with E-state index in [4.69, 9.17) is 9.26 Å². The van der Waals surface area contributed by atoms with Crippen LogP contribution in [0.1, 0.15) is 27.7 Å². The van der Waals surface area contributed by atoms with Crippen molar-refractivity contribution in [3.8, 4) is 5.75 Å². The van der Waals surface area contributed by atoms with Gasteiger partial charge in [-0.1, -0.05) is 45.9 Å². The van der Waals surface area contributed by atoms with E-state index >= 15 is 0 Å². The zero-order chi connectivity index (χ0) is 16.0. The van der Waals surface area contributed by atoms with E-state index in [2.05, 4.69) is 5.09 Å². The van der Waals surface area contributed by atoms with E-state index in [9.17, 15) is 9.36 Å². The average Bonchev–Trinajstić information content (AvgIpc) is 2.44. The lowest BCUT2D eigenvalue weighted by molar-refractivity contribution is -0.143. The summed E-state index contributed by atoms with van der Waals surface area (Å²) in [5.41, 5.74) is -0.274. The number of carbonyl (C=O) groups is 1. The van der Waals surface area contributed by atoms with Gasteiger partial charge in [-0.05, 0) is 18.1 Å². The minimum absolute atomic E-state index is 0.0658. The molecule has 1 N–H and O–H groups in total. The monoisotopic (exact) mass is 313 g/mol. The van der Waals surface area contributed by atoms with Gasteiger partial charge in [0.1, 0.15) is 11.8 Å². The fourth-order valence-electron chi connectivity index (χ4n) is 1.71. The molecular formula is C15H24NO4P. The van der Waals surface area contributed by atoms with Gasteiger partial charge in [-0.2, -0.15) is 0 Å². The first-order valence-electron chi connectivity index (χ1n) is 7.00. The number of benzene rings is 1. The highest BCUT2D eigenvalue weighted by molar-refractivity contribution is 7.58. The van der Waals surface area contributed by atoms with Crippen LogP contribution < -0.4 is 9.61 Å². The number of methoxy groups -OCH3 is 1. The molecule has 0 radical (unpaired) electrons. The van der Waals surface area contributed by atoms with E-state index < -0.39 is 19.5 Å². The van der Waals surface area contributed by atoms with Crippen LogP contribution in [0.4, 0.5) is 0 Å². The minimum Gasteiger partial charge on any atom is -0.468 e. The number of hydrogen-bond donors (Lipinski definition) is 1. The van der Waals surface area contributed by atoms with Crippen molar-refractivity contribution in [3.63, 3.8) is 0 Å². The van der Waals surface area contributed by atoms with Crippen LogP contribution in [-0.4, -0.2) is 24.8 Å². The highest BCUT2D eigenvalue weighted by atomic mass is 31.2. The first kappa shape index (κ1) is 17.7. The summed E-state index contributed by atoms with van der Waals surface area (Å²) >= 11 is 0. The predicted octanol–water partition coefficient (Wildman–Crippen LogP) is 3.45. The fourth-order valence-corrected chi connectivity index (χ4v) is 3.50. The molecule has 1 aromatic carbocycles. The van der Waals surface area contributed by atoms with Gasteiger partial charge in [0.15, 0.2) is 0 Å². The number of carbonyl (C=O) groups excluding carboxylic acids is 1. The molecule has 0 aliphatic heterocycles. The van der Waals surface area contributed by atoms with E-state index in [1.807, 2.05) is 19.9 Å². The highest BCUT2D eigenvalue weighted by Gasteiger charge is 2.36. The quantitative estimate of drug-likeness (QED) is 0.617. The van der Waals surface area contributed by atoms with Gasteiger partial charge in [0, 0.05) is 0 Å². The van der Waals surface area contributed by atoms with Gasteiger partial charge in [-0.15, -0.1) is 0 Å². The van der Waals surface area contributed by atoms with Gasteiger partial charge in [-0.3, -0.25) is 9.36 Å². The second kappa shape index (κ2) is 7.62. The summed E-state index contributed by atoms with van der Waals surface area (Å²) in [6.07, 6.45) is 0. The van der Waals surface area contributed by atoms with Crippen molar-refractivity contribution in [2.45, 2.75) is 39.4 Å². The minimum atomic E-state index is -3.24. The molecule has 1 rings (SSSR count). The Labute approximate surface area is 126 Å². The summed E-state index contributed by atoms with van der Waals surface area (Å²) < 4.78 is 23.5. The van der Waals surface area contributed by atoms with Crippen molar-refractivity contribution >= 4 is 13.5 Å². The van der Waals surface area contributed by atoms with Crippen LogP contribution in [0.2, 0.25) is 0 Å². The molecule has 6 heteroatoms. The molecule has 0 aromatic heterocycles. The zero-order valence-electron chi connectivity index (χ0n) is 13.2. The van der Waals surface area contributed by atoms with E-state index in [0.29, 0.717) is 5.75 Å². The number of ether oxygens (including phenoxy) is 1. The van der Waals surface area contributed by atoms with Crippen molar-refractivity contribution in [3.05, 3.63) is 30.3 Å². The third kappa shape index (κ3) is 4.87. The highest BCUT2D eigenvalue weighted by Crippen LogP contribution is 2.48. The molecule has 0 heterocycles. The average molecular weight is 313 g/mol. The molecular weight excluding hydrogens is 289 g/mol. The Hall–Kier alpha value is -1.32. The van der Waals surface area contributed by atoms with Crippen molar-refractivity contribution in [1.29, 1.82) is 0 Å². The second-order valence-corrected chi connectivity index (χ2v) is 8.14. The van der Waals surface area contributed by atoms with Gasteiger partial charge in [0.25, 0.3) is 0 Å². The second-order valence-electron chi connectivity index (χ2n) is 5.47. The molecule has 0 saturated heterocycles. The summed E-state index contributed by atoms with van der Waals surface area (Å²) in [5.74, 6) is 0.000778. The van der Waals surface area contributed by atoms with Crippen molar-refractivity contribution < 1.29 is 18.6 Å². The summed E-state index contributed by atoms with van der Waals surface area (Å²) in [7, 11) is -1.92. The van der Waals surface area contributed by atoms with E-state index in [-0.39, 0.29) is 11.6 Å². The predicted molar refractivity (Wildman–Crippen MR) is 83.6 cm³/mol. The number of rotatable bonds is 7. The maximum absolute atomic E-state index is 13.1. The molecule has 0 aliphatic rings. The number of esters is 1. The van der Waals surface area contributed by atoms with Crippen LogP contribution in [0.15, 0.2) is 30.3 Å². The number of para-hydroxylation sites is 1. The van der Waals surface area contributed by atoms with Crippen LogP contribution in [0, 0.1) is 5.92 Å². The zero-order valence-corrected chi connectivity index (χ0v) is 14.1. The summed E-state index contributed by atoms with van der Waals surface area (Å²) in [6, 6.07) is 8.26. The van der Waals surface area contributed by atoms with E-state index in [0.717, 1.165) is 0 Å². The molecule has 0 fully saturated rings. The third-order valence-corrected chi connectivity index (χ3v) is 5.58. The van der Waals surface area contributed by atoms with Crippen LogP contribution in [0.5, 0.6) is 5.75 Å². The molecule has 2 atom stereocenters. The van der Waals surface area contributed by atoms with Crippen LogP contribution >= 0.6 is 7.52 Å². The number of hydrogen-bond acceptors (Lipinski definition) is 4. The molecule has 21 heavy (non-hydrogen) atoms. The fraction of sp³-hybridized carbons (Fsp3) is 0.533. The van der Waals surface area contributed by atoms with Crippen LogP contribution in [-0.2, 0) is 14.1 Å². The summed E-state index contributed by atoms with van der Waals surface area (Å²) in [5, 5.41) is 2.89. The molecule has 0 saturated carbocycles. The molecule has 1 unspecified atom stereocenters. The molecule has 0 aliphatic carbocycles. The molecule has 0 amide bonds. The Morgan fingerprint density at radius 1 is 1.14 bits per heavy atom. The van der Waals surface area contributed by atoms with Crippen LogP contribution in [0.25, 0.3) is 0 Å². The molecule has 1 aromatic rings. The molecule has 0 spiro atoms. The van der Waals surface area contributed by atoms with Crippen molar-refractivity contribution in [2.24, 2.45) is 5.92 Å². The van der Waals surface area contributed by atoms with Crippen molar-refractivity contribution in [1.82, 2.24) is 5.09 Å². The topological polar surface area (TPSA) is 64.6 Å². The normalized spacial score (nSPS) is 15.6. The largest absolute Gasteiger partial charge is 0.468 e. The Morgan fingerprint density at radius 2 is 1.71 bits per heavy atom. The Kier molecular flexibility index (Phi) is 6.43. The maximum atomic E-state index is 13.1. The van der Waals surface area contributed by atoms with Crippen LogP contribution in [0.3, 0.4) is 0 Å².